The van der Waals surface area contributed by atoms with Crippen molar-refractivity contribution in [3.63, 3.8) is 0 Å². The summed E-state index contributed by atoms with van der Waals surface area (Å²) in [5.74, 6) is 0.571. The Labute approximate surface area is 101 Å². The Balaban J connectivity index is 0. The first-order valence-electron chi connectivity index (χ1n) is 6.31. The zero-order valence-corrected chi connectivity index (χ0v) is 11.6. The number of unbranched alkanes of at least 4 members (excludes halogenated alkanes) is 1. The van der Waals surface area contributed by atoms with Gasteiger partial charge in [0.1, 0.15) is 0 Å². The number of esters is 1. The Morgan fingerprint density at radius 1 is 1.25 bits per heavy atom. The summed E-state index contributed by atoms with van der Waals surface area (Å²) in [7, 11) is 0. The van der Waals surface area contributed by atoms with Crippen LogP contribution in [0.1, 0.15) is 60.3 Å². The second-order valence-corrected chi connectivity index (χ2v) is 4.17. The molecular weight excluding hydrogens is 200 g/mol. The summed E-state index contributed by atoms with van der Waals surface area (Å²) in [5, 5.41) is 0. The van der Waals surface area contributed by atoms with Gasteiger partial charge in [0.05, 0.1) is 6.61 Å². The van der Waals surface area contributed by atoms with Gasteiger partial charge in [0.15, 0.2) is 0 Å². The molecule has 0 aliphatic heterocycles. The highest BCUT2D eigenvalue weighted by molar-refractivity contribution is 5.69. The highest BCUT2D eigenvalue weighted by Gasteiger charge is 2.01. The van der Waals surface area contributed by atoms with E-state index in [2.05, 4.69) is 20.8 Å². The molecule has 0 amide bonds. The lowest BCUT2D eigenvalue weighted by molar-refractivity contribution is -0.144. The van der Waals surface area contributed by atoms with Gasteiger partial charge in [-0.15, -0.1) is 0 Å². The van der Waals surface area contributed by atoms with Crippen LogP contribution in [0.15, 0.2) is 12.2 Å². The zero-order chi connectivity index (χ0) is 12.8. The Hall–Kier alpha value is -0.790. The topological polar surface area (TPSA) is 26.3 Å². The third kappa shape index (κ3) is 18.9. The molecule has 0 N–H and O–H groups in total. The highest BCUT2D eigenvalue weighted by atomic mass is 16.5. The third-order valence-corrected chi connectivity index (χ3v) is 2.03. The summed E-state index contributed by atoms with van der Waals surface area (Å²) in [6.07, 6.45) is 7.55. The summed E-state index contributed by atoms with van der Waals surface area (Å²) >= 11 is 0. The van der Waals surface area contributed by atoms with Crippen molar-refractivity contribution in [1.82, 2.24) is 0 Å². The van der Waals surface area contributed by atoms with E-state index in [4.69, 9.17) is 4.74 Å². The van der Waals surface area contributed by atoms with Crippen LogP contribution in [0, 0.1) is 5.92 Å². The van der Waals surface area contributed by atoms with E-state index in [1.54, 1.807) is 0 Å². The summed E-state index contributed by atoms with van der Waals surface area (Å²) in [6, 6.07) is 0. The number of hydrogen-bond acceptors (Lipinski definition) is 2. The summed E-state index contributed by atoms with van der Waals surface area (Å²) < 4.78 is 5.02. The van der Waals surface area contributed by atoms with Crippen LogP contribution in [0.5, 0.6) is 0 Å². The fourth-order valence-corrected chi connectivity index (χ4v) is 0.802. The van der Waals surface area contributed by atoms with Crippen LogP contribution in [-0.2, 0) is 9.53 Å². The van der Waals surface area contributed by atoms with E-state index in [1.165, 1.54) is 0 Å². The van der Waals surface area contributed by atoms with Gasteiger partial charge in [0.25, 0.3) is 0 Å². The van der Waals surface area contributed by atoms with Crippen LogP contribution >= 0.6 is 0 Å². The lowest BCUT2D eigenvalue weighted by atomic mass is 10.1. The molecular formula is C14H28O2. The fraction of sp³-hybridized carbons (Fsp3) is 0.786. The Morgan fingerprint density at radius 3 is 2.19 bits per heavy atom. The molecule has 0 heterocycles. The fourth-order valence-electron chi connectivity index (χ4n) is 0.802. The minimum absolute atomic E-state index is 0.0440. The monoisotopic (exact) mass is 228 g/mol. The smallest absolute Gasteiger partial charge is 0.305 e. The Bertz CT molecular complexity index is 168. The highest BCUT2D eigenvalue weighted by Crippen LogP contribution is 2.01. The molecule has 0 atom stereocenters. The van der Waals surface area contributed by atoms with Gasteiger partial charge in [-0.05, 0) is 32.6 Å². The van der Waals surface area contributed by atoms with Crippen molar-refractivity contribution in [2.24, 2.45) is 5.92 Å². The van der Waals surface area contributed by atoms with Gasteiger partial charge in [0.2, 0.25) is 0 Å². The zero-order valence-electron chi connectivity index (χ0n) is 11.6. The van der Waals surface area contributed by atoms with Crippen LogP contribution in [0.3, 0.4) is 0 Å². The first-order valence-corrected chi connectivity index (χ1v) is 6.31. The molecule has 0 aliphatic carbocycles. The van der Waals surface area contributed by atoms with Crippen molar-refractivity contribution in [3.8, 4) is 0 Å². The molecule has 2 nitrogen and oxygen atoms in total. The molecule has 96 valence electrons. The normalized spacial score (nSPS) is 10.1. The van der Waals surface area contributed by atoms with Crippen molar-refractivity contribution < 1.29 is 9.53 Å². The van der Waals surface area contributed by atoms with Crippen LogP contribution in [0.25, 0.3) is 0 Å². The molecule has 0 unspecified atom stereocenters. The van der Waals surface area contributed by atoms with Gasteiger partial charge in [-0.1, -0.05) is 39.3 Å². The van der Waals surface area contributed by atoms with Crippen molar-refractivity contribution >= 4 is 5.97 Å². The number of ether oxygens (including phenoxy) is 1. The van der Waals surface area contributed by atoms with Gasteiger partial charge < -0.3 is 4.74 Å². The van der Waals surface area contributed by atoms with Crippen LogP contribution < -0.4 is 0 Å². The lowest BCUT2D eigenvalue weighted by Crippen LogP contribution is -2.07. The number of carbonyl (C=O) groups excluding carboxylic acids is 1. The summed E-state index contributed by atoms with van der Waals surface area (Å²) in [4.78, 5) is 11.0. The molecule has 0 aromatic rings. The molecule has 0 rings (SSSR count). The molecule has 0 radical (unpaired) electrons. The maximum absolute atomic E-state index is 11.0. The molecule has 0 aromatic heterocycles. The summed E-state index contributed by atoms with van der Waals surface area (Å²) in [5.41, 5.74) is 0. The van der Waals surface area contributed by atoms with Crippen molar-refractivity contribution in [2.75, 3.05) is 6.61 Å². The molecule has 2 heteroatoms. The molecule has 0 aromatic carbocycles. The number of hydrogen-bond donors (Lipinski definition) is 0. The molecule has 0 aliphatic rings. The van der Waals surface area contributed by atoms with Crippen LogP contribution in [0.4, 0.5) is 0 Å². The second kappa shape index (κ2) is 14.2. The van der Waals surface area contributed by atoms with Gasteiger partial charge in [0, 0.05) is 6.42 Å². The first kappa shape index (κ1) is 17.6. The SMILES string of the molecule is CC=CC.CCCCC(=O)OCCC(C)C. The molecule has 0 bridgehead atoms. The molecule has 16 heavy (non-hydrogen) atoms. The van der Waals surface area contributed by atoms with E-state index in [1.807, 2.05) is 26.0 Å². The standard InChI is InChI=1S/C10H20O2.C4H8/c1-4-5-6-10(11)12-8-7-9(2)3;1-3-4-2/h9H,4-8H2,1-3H3;3-4H,1-2H3. The van der Waals surface area contributed by atoms with Gasteiger partial charge in [-0.25, -0.2) is 0 Å². The molecule has 0 saturated heterocycles. The Morgan fingerprint density at radius 2 is 1.81 bits per heavy atom. The van der Waals surface area contributed by atoms with E-state index in [-0.39, 0.29) is 5.97 Å². The predicted molar refractivity (Wildman–Crippen MR) is 70.4 cm³/mol. The predicted octanol–water partition coefficient (Wildman–Crippen LogP) is 4.35. The average molecular weight is 228 g/mol. The minimum Gasteiger partial charge on any atom is -0.466 e. The van der Waals surface area contributed by atoms with E-state index >= 15 is 0 Å². The largest absolute Gasteiger partial charge is 0.466 e. The Kier molecular flexibility index (Phi) is 15.6. The third-order valence-electron chi connectivity index (χ3n) is 2.03. The second-order valence-electron chi connectivity index (χ2n) is 4.17. The first-order chi connectivity index (χ1) is 7.58. The van der Waals surface area contributed by atoms with Crippen molar-refractivity contribution in [1.29, 1.82) is 0 Å². The van der Waals surface area contributed by atoms with E-state index < -0.39 is 0 Å². The maximum Gasteiger partial charge on any atom is 0.305 e. The lowest BCUT2D eigenvalue weighted by Gasteiger charge is -2.05. The number of carbonyl (C=O) groups is 1. The maximum atomic E-state index is 11.0. The molecule has 0 spiro atoms. The number of allylic oxidation sites excluding steroid dienone is 2. The quantitative estimate of drug-likeness (QED) is 0.499. The number of rotatable bonds is 6. The molecule has 0 saturated carbocycles. The van der Waals surface area contributed by atoms with E-state index in [0.717, 1.165) is 19.3 Å². The van der Waals surface area contributed by atoms with Gasteiger partial charge >= 0.3 is 5.97 Å². The van der Waals surface area contributed by atoms with Gasteiger partial charge in [-0.3, -0.25) is 4.79 Å². The average Bonchev–Trinajstić information content (AvgIpc) is 2.26. The van der Waals surface area contributed by atoms with Crippen LogP contribution in [0.2, 0.25) is 0 Å². The van der Waals surface area contributed by atoms with Crippen molar-refractivity contribution in [3.05, 3.63) is 12.2 Å². The summed E-state index contributed by atoms with van der Waals surface area (Å²) in [6.45, 7) is 10.9. The van der Waals surface area contributed by atoms with E-state index in [9.17, 15) is 4.79 Å². The van der Waals surface area contributed by atoms with Crippen molar-refractivity contribution in [2.45, 2.75) is 60.3 Å². The van der Waals surface area contributed by atoms with E-state index in [0.29, 0.717) is 18.9 Å². The molecule has 0 fully saturated rings. The van der Waals surface area contributed by atoms with Gasteiger partial charge in [-0.2, -0.15) is 0 Å². The van der Waals surface area contributed by atoms with Crippen LogP contribution in [-0.4, -0.2) is 12.6 Å². The minimum atomic E-state index is -0.0440.